The number of hydrogen-bond acceptors (Lipinski definition) is 3. The van der Waals surface area contributed by atoms with Crippen molar-refractivity contribution in [2.24, 2.45) is 5.92 Å². The maximum absolute atomic E-state index is 10.5. The number of ether oxygens (including phenoxy) is 1. The van der Waals surface area contributed by atoms with E-state index >= 15 is 0 Å². The van der Waals surface area contributed by atoms with Crippen LogP contribution in [0.3, 0.4) is 0 Å². The maximum atomic E-state index is 10.5. The zero-order chi connectivity index (χ0) is 14.6. The first-order valence-electron chi connectivity index (χ1n) is 6.97. The van der Waals surface area contributed by atoms with Gasteiger partial charge in [0.05, 0.1) is 13.2 Å². The molecule has 0 heterocycles. The number of methoxy groups -OCH3 is 1. The van der Waals surface area contributed by atoms with Crippen LogP contribution in [0.4, 0.5) is 0 Å². The van der Waals surface area contributed by atoms with Crippen LogP contribution in [0.1, 0.15) is 49.5 Å². The zero-order valence-corrected chi connectivity index (χ0v) is 12.6. The number of benzene rings is 1. The largest absolute Gasteiger partial charge is 0.496 e. The molecule has 0 saturated carbocycles. The topological polar surface area (TPSA) is 49.7 Å². The third kappa shape index (κ3) is 3.48. The van der Waals surface area contributed by atoms with Crippen LogP contribution in [0, 0.1) is 19.8 Å². The molecule has 0 bridgehead atoms. The van der Waals surface area contributed by atoms with Gasteiger partial charge in [0, 0.05) is 5.56 Å². The Hall–Kier alpha value is -1.06. The molecule has 2 unspecified atom stereocenters. The Morgan fingerprint density at radius 1 is 1.11 bits per heavy atom. The molecule has 1 aromatic rings. The molecule has 0 spiro atoms. The van der Waals surface area contributed by atoms with Gasteiger partial charge < -0.3 is 14.9 Å². The van der Waals surface area contributed by atoms with Gasteiger partial charge in [0.2, 0.25) is 0 Å². The van der Waals surface area contributed by atoms with E-state index in [0.717, 1.165) is 24.0 Å². The van der Waals surface area contributed by atoms with Crippen molar-refractivity contribution >= 4 is 0 Å². The van der Waals surface area contributed by atoms with E-state index in [2.05, 4.69) is 0 Å². The highest BCUT2D eigenvalue weighted by atomic mass is 16.5. The average molecular weight is 266 g/mol. The Kier molecular flexibility index (Phi) is 5.83. The van der Waals surface area contributed by atoms with Gasteiger partial charge in [0.1, 0.15) is 11.9 Å². The quantitative estimate of drug-likeness (QED) is 0.831. The summed E-state index contributed by atoms with van der Waals surface area (Å²) >= 11 is 0. The Morgan fingerprint density at radius 2 is 1.68 bits per heavy atom. The second kappa shape index (κ2) is 6.92. The lowest BCUT2D eigenvalue weighted by atomic mass is 9.87. The van der Waals surface area contributed by atoms with E-state index in [0.29, 0.717) is 11.3 Å². The summed E-state index contributed by atoms with van der Waals surface area (Å²) in [5.41, 5.74) is 2.74. The maximum Gasteiger partial charge on any atom is 0.125 e. The minimum Gasteiger partial charge on any atom is -0.496 e. The highest BCUT2D eigenvalue weighted by molar-refractivity contribution is 5.44. The predicted molar refractivity (Wildman–Crippen MR) is 77.5 cm³/mol. The van der Waals surface area contributed by atoms with Crippen LogP contribution in [0.25, 0.3) is 0 Å². The third-order valence-corrected chi connectivity index (χ3v) is 3.86. The van der Waals surface area contributed by atoms with Gasteiger partial charge in [-0.3, -0.25) is 0 Å². The molecule has 19 heavy (non-hydrogen) atoms. The van der Waals surface area contributed by atoms with E-state index in [9.17, 15) is 10.2 Å². The standard InChI is InChI=1S/C16H26O3/c1-6-12(7-2)15(17)16(18)14-11(4)8-10(3)9-13(14)19-5/h8-9,12,15-18H,6-7H2,1-5H3. The zero-order valence-electron chi connectivity index (χ0n) is 12.6. The van der Waals surface area contributed by atoms with Gasteiger partial charge in [-0.05, 0) is 37.0 Å². The Labute approximate surface area is 116 Å². The fourth-order valence-electron chi connectivity index (χ4n) is 2.69. The smallest absolute Gasteiger partial charge is 0.125 e. The highest BCUT2D eigenvalue weighted by Crippen LogP contribution is 2.34. The molecular weight excluding hydrogens is 240 g/mol. The van der Waals surface area contributed by atoms with Crippen molar-refractivity contribution in [3.05, 3.63) is 28.8 Å². The average Bonchev–Trinajstić information content (AvgIpc) is 2.38. The Balaban J connectivity index is 3.14. The van der Waals surface area contributed by atoms with Crippen molar-refractivity contribution < 1.29 is 14.9 Å². The first-order chi connectivity index (χ1) is 8.96. The van der Waals surface area contributed by atoms with E-state index < -0.39 is 12.2 Å². The van der Waals surface area contributed by atoms with Gasteiger partial charge in [-0.15, -0.1) is 0 Å². The van der Waals surface area contributed by atoms with Crippen molar-refractivity contribution in [1.29, 1.82) is 0 Å². The molecule has 0 fully saturated rings. The summed E-state index contributed by atoms with van der Waals surface area (Å²) in [5.74, 6) is 0.746. The molecule has 0 aliphatic carbocycles. The lowest BCUT2D eigenvalue weighted by molar-refractivity contribution is -0.0222. The minimum absolute atomic E-state index is 0.0976. The van der Waals surface area contributed by atoms with Gasteiger partial charge in [0.25, 0.3) is 0 Å². The molecular formula is C16H26O3. The SMILES string of the molecule is CCC(CC)C(O)C(O)c1c(C)cc(C)cc1OC. The fraction of sp³-hybridized carbons (Fsp3) is 0.625. The van der Waals surface area contributed by atoms with Crippen molar-refractivity contribution in [1.82, 2.24) is 0 Å². The van der Waals surface area contributed by atoms with Crippen LogP contribution >= 0.6 is 0 Å². The normalized spacial score (nSPS) is 14.5. The van der Waals surface area contributed by atoms with E-state index in [1.54, 1.807) is 7.11 Å². The summed E-state index contributed by atoms with van der Waals surface area (Å²) in [5, 5.41) is 20.8. The number of hydrogen-bond donors (Lipinski definition) is 2. The monoisotopic (exact) mass is 266 g/mol. The van der Waals surface area contributed by atoms with Gasteiger partial charge in [-0.2, -0.15) is 0 Å². The molecule has 1 aromatic carbocycles. The predicted octanol–water partition coefficient (Wildman–Crippen LogP) is 3.14. The summed E-state index contributed by atoms with van der Waals surface area (Å²) < 4.78 is 5.35. The molecule has 1 rings (SSSR count). The highest BCUT2D eigenvalue weighted by Gasteiger charge is 2.28. The number of aryl methyl sites for hydroxylation is 2. The molecule has 0 saturated heterocycles. The third-order valence-electron chi connectivity index (χ3n) is 3.86. The molecule has 0 amide bonds. The summed E-state index contributed by atoms with van der Waals surface area (Å²) in [6, 6.07) is 3.89. The molecule has 0 aliphatic rings. The van der Waals surface area contributed by atoms with Crippen LogP contribution in [0.15, 0.2) is 12.1 Å². The second-order valence-corrected chi connectivity index (χ2v) is 5.21. The van der Waals surface area contributed by atoms with Gasteiger partial charge in [0.15, 0.2) is 0 Å². The first-order valence-corrected chi connectivity index (χ1v) is 6.97. The van der Waals surface area contributed by atoms with Gasteiger partial charge in [-0.1, -0.05) is 32.8 Å². The summed E-state index contributed by atoms with van der Waals surface area (Å²) in [6.45, 7) is 7.99. The van der Waals surface area contributed by atoms with Crippen LogP contribution in [0.5, 0.6) is 5.75 Å². The molecule has 2 atom stereocenters. The molecule has 3 heteroatoms. The van der Waals surface area contributed by atoms with Crippen molar-refractivity contribution in [3.63, 3.8) is 0 Å². The number of aliphatic hydroxyl groups excluding tert-OH is 2. The minimum atomic E-state index is -0.902. The van der Waals surface area contributed by atoms with Crippen LogP contribution < -0.4 is 4.74 Å². The number of aliphatic hydroxyl groups is 2. The van der Waals surface area contributed by atoms with E-state index in [4.69, 9.17) is 4.74 Å². The summed E-state index contributed by atoms with van der Waals surface area (Å²) in [4.78, 5) is 0. The number of rotatable bonds is 6. The Morgan fingerprint density at radius 3 is 2.16 bits per heavy atom. The lowest BCUT2D eigenvalue weighted by Gasteiger charge is -2.27. The van der Waals surface area contributed by atoms with E-state index in [1.165, 1.54) is 0 Å². The van der Waals surface area contributed by atoms with Crippen molar-refractivity contribution in [3.8, 4) is 5.75 Å². The molecule has 2 N–H and O–H groups in total. The first kappa shape index (κ1) is 16.0. The molecule has 0 radical (unpaired) electrons. The Bertz CT molecular complexity index is 411. The lowest BCUT2D eigenvalue weighted by Crippen LogP contribution is -2.28. The summed E-state index contributed by atoms with van der Waals surface area (Å²) in [6.07, 6.45) is 0.0370. The van der Waals surface area contributed by atoms with Gasteiger partial charge in [-0.25, -0.2) is 0 Å². The van der Waals surface area contributed by atoms with Crippen LogP contribution in [-0.4, -0.2) is 23.4 Å². The summed E-state index contributed by atoms with van der Waals surface area (Å²) in [7, 11) is 1.59. The van der Waals surface area contributed by atoms with E-state index in [1.807, 2.05) is 39.8 Å². The molecule has 108 valence electrons. The van der Waals surface area contributed by atoms with Crippen LogP contribution in [0.2, 0.25) is 0 Å². The van der Waals surface area contributed by atoms with Crippen molar-refractivity contribution in [2.75, 3.05) is 7.11 Å². The molecule has 0 aliphatic heterocycles. The fourth-order valence-corrected chi connectivity index (χ4v) is 2.69. The van der Waals surface area contributed by atoms with E-state index in [-0.39, 0.29) is 5.92 Å². The molecule has 3 nitrogen and oxygen atoms in total. The van der Waals surface area contributed by atoms with Crippen LogP contribution in [-0.2, 0) is 0 Å². The second-order valence-electron chi connectivity index (χ2n) is 5.21. The molecule has 0 aromatic heterocycles. The van der Waals surface area contributed by atoms with Crippen molar-refractivity contribution in [2.45, 2.75) is 52.7 Å². The van der Waals surface area contributed by atoms with Gasteiger partial charge >= 0.3 is 0 Å².